The predicted molar refractivity (Wildman–Crippen MR) is 215 cm³/mol. The largest absolute Gasteiger partial charge is 0.391 e. The minimum absolute atomic E-state index is 0.0654. The molecule has 0 bridgehead atoms. The van der Waals surface area contributed by atoms with Gasteiger partial charge < -0.3 is 45.6 Å². The molecular formula is C41H64N8O9. The molecule has 0 aromatic heterocycles. The Kier molecular flexibility index (Phi) is 17.2. The average molecular weight is 813 g/mol. The summed E-state index contributed by atoms with van der Waals surface area (Å²) in [7, 11) is 5.61. The molecule has 0 spiro atoms. The number of likely N-dealkylation sites (N-methyl/N-ethyl adjacent to an activating group) is 4. The molecule has 322 valence electrons. The predicted octanol–water partition coefficient (Wildman–Crippen LogP) is -0.106. The van der Waals surface area contributed by atoms with Gasteiger partial charge in [-0.15, -0.1) is 0 Å². The van der Waals surface area contributed by atoms with E-state index in [0.29, 0.717) is 13.1 Å². The molecule has 2 aliphatic heterocycles. The van der Waals surface area contributed by atoms with Crippen molar-refractivity contribution in [3.8, 4) is 0 Å². The fourth-order valence-electron chi connectivity index (χ4n) is 7.21. The van der Waals surface area contributed by atoms with Gasteiger partial charge in [0.15, 0.2) is 0 Å². The molecule has 2 saturated heterocycles. The highest BCUT2D eigenvalue weighted by atomic mass is 16.3. The van der Waals surface area contributed by atoms with Gasteiger partial charge in [0.05, 0.1) is 12.5 Å². The van der Waals surface area contributed by atoms with E-state index in [4.69, 9.17) is 0 Å². The van der Waals surface area contributed by atoms with E-state index in [1.165, 1.54) is 70.6 Å². The number of hydrogen-bond acceptors (Lipinski definition) is 9. The molecule has 8 amide bonds. The van der Waals surface area contributed by atoms with E-state index in [9.17, 15) is 43.5 Å². The van der Waals surface area contributed by atoms with Gasteiger partial charge in [-0.05, 0) is 64.9 Å². The summed E-state index contributed by atoms with van der Waals surface area (Å²) < 4.78 is 0. The van der Waals surface area contributed by atoms with Crippen molar-refractivity contribution >= 4 is 47.3 Å². The van der Waals surface area contributed by atoms with Crippen molar-refractivity contribution in [3.05, 3.63) is 35.9 Å². The molecule has 8 atom stereocenters. The lowest BCUT2D eigenvalue weighted by Crippen LogP contribution is -2.62. The van der Waals surface area contributed by atoms with Gasteiger partial charge >= 0.3 is 0 Å². The molecule has 17 heteroatoms. The van der Waals surface area contributed by atoms with Crippen LogP contribution in [0.2, 0.25) is 0 Å². The first-order valence-electron chi connectivity index (χ1n) is 20.1. The number of amides is 8. The zero-order chi connectivity index (χ0) is 43.6. The summed E-state index contributed by atoms with van der Waals surface area (Å²) in [5, 5.41) is 18.7. The molecule has 2 fully saturated rings. The number of nitrogens with zero attached hydrogens (tertiary/aromatic N) is 5. The van der Waals surface area contributed by atoms with Crippen LogP contribution in [0.25, 0.3) is 0 Å². The third-order valence-electron chi connectivity index (χ3n) is 11.2. The second kappa shape index (κ2) is 21.1. The van der Waals surface area contributed by atoms with Gasteiger partial charge in [0.2, 0.25) is 47.3 Å². The number of carbonyl (C=O) groups is 8. The Morgan fingerprint density at radius 3 is 1.83 bits per heavy atom. The Hall–Kier alpha value is -5.06. The molecule has 0 radical (unpaired) electrons. The normalized spacial score (nSPS) is 27.8. The topological polar surface area (TPSA) is 209 Å². The molecule has 3 rings (SSSR count). The van der Waals surface area contributed by atoms with Crippen LogP contribution in [-0.2, 0) is 44.8 Å². The molecule has 1 aromatic carbocycles. The van der Waals surface area contributed by atoms with Gasteiger partial charge in [-0.3, -0.25) is 38.4 Å². The maximum atomic E-state index is 14.5. The highest BCUT2D eigenvalue weighted by molar-refractivity contribution is 5.99. The zero-order valence-corrected chi connectivity index (χ0v) is 35.7. The maximum Gasteiger partial charge on any atom is 0.248 e. The quantitative estimate of drug-likeness (QED) is 0.302. The molecule has 17 nitrogen and oxygen atoms in total. The number of aliphatic hydroxyl groups is 1. The van der Waals surface area contributed by atoms with Crippen molar-refractivity contribution < 1.29 is 43.5 Å². The summed E-state index contributed by atoms with van der Waals surface area (Å²) in [4.78, 5) is 118. The third-order valence-corrected chi connectivity index (χ3v) is 11.2. The molecule has 1 aromatic rings. The van der Waals surface area contributed by atoms with E-state index in [2.05, 4.69) is 16.0 Å². The van der Waals surface area contributed by atoms with Gasteiger partial charge in [0.25, 0.3) is 0 Å². The number of rotatable bonds is 6. The van der Waals surface area contributed by atoms with E-state index >= 15 is 0 Å². The van der Waals surface area contributed by atoms with Crippen molar-refractivity contribution in [3.63, 3.8) is 0 Å². The van der Waals surface area contributed by atoms with E-state index in [-0.39, 0.29) is 18.8 Å². The van der Waals surface area contributed by atoms with Crippen LogP contribution in [0.4, 0.5) is 0 Å². The first-order chi connectivity index (χ1) is 27.2. The minimum atomic E-state index is -1.54. The third kappa shape index (κ3) is 12.0. The lowest BCUT2D eigenvalue weighted by Gasteiger charge is -2.38. The van der Waals surface area contributed by atoms with Crippen LogP contribution in [0, 0.1) is 5.92 Å². The lowest BCUT2D eigenvalue weighted by molar-refractivity contribution is -0.152. The Morgan fingerprint density at radius 1 is 0.690 bits per heavy atom. The van der Waals surface area contributed by atoms with E-state index in [1.807, 2.05) is 19.9 Å². The van der Waals surface area contributed by atoms with Crippen molar-refractivity contribution in [1.82, 2.24) is 40.4 Å². The maximum absolute atomic E-state index is 14.5. The molecule has 58 heavy (non-hydrogen) atoms. The van der Waals surface area contributed by atoms with Gasteiger partial charge in [-0.25, -0.2) is 0 Å². The Bertz CT molecular complexity index is 1650. The highest BCUT2D eigenvalue weighted by Gasteiger charge is 2.41. The lowest BCUT2D eigenvalue weighted by atomic mass is 9.98. The molecule has 4 N–H and O–H groups in total. The molecular weight excluding hydrogens is 748 g/mol. The number of aliphatic hydroxyl groups excluding tert-OH is 1. The number of piperidine rings is 1. The van der Waals surface area contributed by atoms with Crippen LogP contribution in [0.15, 0.2) is 30.3 Å². The van der Waals surface area contributed by atoms with Crippen LogP contribution < -0.4 is 16.0 Å². The Labute approximate surface area is 342 Å². The van der Waals surface area contributed by atoms with Gasteiger partial charge in [0, 0.05) is 47.7 Å². The van der Waals surface area contributed by atoms with E-state index in [0.717, 1.165) is 29.7 Å². The first kappa shape index (κ1) is 47.3. The van der Waals surface area contributed by atoms with Gasteiger partial charge in [-0.2, -0.15) is 0 Å². The number of carbonyl (C=O) groups excluding carboxylic acids is 8. The molecule has 2 heterocycles. The monoisotopic (exact) mass is 812 g/mol. The van der Waals surface area contributed by atoms with Crippen LogP contribution in [0.3, 0.4) is 0 Å². The molecule has 0 aliphatic carbocycles. The highest BCUT2D eigenvalue weighted by Crippen LogP contribution is 2.19. The smallest absolute Gasteiger partial charge is 0.248 e. The number of nitrogens with one attached hydrogen (secondary N) is 3. The first-order valence-corrected chi connectivity index (χ1v) is 20.1. The van der Waals surface area contributed by atoms with Gasteiger partial charge in [0.1, 0.15) is 42.3 Å². The second-order valence-electron chi connectivity index (χ2n) is 16.2. The average Bonchev–Trinajstić information content (AvgIpc) is 3.20. The van der Waals surface area contributed by atoms with Crippen LogP contribution >= 0.6 is 0 Å². The number of likely N-dealkylation sites (tertiary alicyclic amines) is 1. The fourth-order valence-corrected chi connectivity index (χ4v) is 7.21. The van der Waals surface area contributed by atoms with Gasteiger partial charge in [-0.1, -0.05) is 44.2 Å². The molecule has 2 aliphatic rings. The Balaban J connectivity index is 2.12. The van der Waals surface area contributed by atoms with Crippen LogP contribution in [0.1, 0.15) is 79.2 Å². The summed E-state index contributed by atoms with van der Waals surface area (Å²) in [6.45, 7) is 10.2. The van der Waals surface area contributed by atoms with Crippen LogP contribution in [-0.4, -0.2) is 167 Å². The summed E-state index contributed by atoms with van der Waals surface area (Å²) in [6, 6.07) is 0.329. The SMILES string of the molecule is CC(C)C[C@H]1C(=O)N[C@@H]([C@@H](C)O)C(=O)N(C)[C@@H](C)C(=O)N[C@H](C(=O)N2CCCCC2)CC(=O)N[C@H](C)C(=O)N(C)[C@@H](C)C(=O)N(C)[C@@H](Cc2ccccc2)C(=O)N1C. The van der Waals surface area contributed by atoms with Crippen LogP contribution in [0.5, 0.6) is 0 Å². The minimum Gasteiger partial charge on any atom is -0.391 e. The number of hydrogen-bond donors (Lipinski definition) is 4. The van der Waals surface area contributed by atoms with E-state index < -0.39 is 102 Å². The molecule has 0 unspecified atom stereocenters. The van der Waals surface area contributed by atoms with Crippen molar-refractivity contribution in [2.75, 3.05) is 41.3 Å². The summed E-state index contributed by atoms with van der Waals surface area (Å²) in [6.07, 6.45) is 0.683. The number of benzene rings is 1. The summed E-state index contributed by atoms with van der Waals surface area (Å²) >= 11 is 0. The zero-order valence-electron chi connectivity index (χ0n) is 35.7. The molecule has 0 saturated carbocycles. The fraction of sp³-hybridized carbons (Fsp3) is 0.659. The second-order valence-corrected chi connectivity index (χ2v) is 16.2. The standard InChI is InChI=1S/C41H64N8O9/c1-24(2)21-31-36(53)44-34(28(6)50)41(58)45(7)26(4)35(52)43-30(39(56)49-19-15-12-16-20-49)23-33(51)42-25(3)37(54)46(8)27(5)38(55)48(10)32(40(57)47(31)9)22-29-17-13-11-14-18-29/h11,13-14,17-18,24-28,30-32,34,50H,12,15-16,19-23H2,1-10H3,(H,42,51)(H,43,52)(H,44,53)/t25-,26+,27+,28-,30+,31+,32+,34+/m1/s1. The summed E-state index contributed by atoms with van der Waals surface area (Å²) in [5.41, 5.74) is 0.728. The summed E-state index contributed by atoms with van der Waals surface area (Å²) in [5.74, 6) is -5.46. The van der Waals surface area contributed by atoms with Crippen molar-refractivity contribution in [2.24, 2.45) is 5.92 Å². The van der Waals surface area contributed by atoms with Crippen molar-refractivity contribution in [2.45, 2.75) is 128 Å². The van der Waals surface area contributed by atoms with Crippen molar-refractivity contribution in [1.29, 1.82) is 0 Å². The Morgan fingerprint density at radius 2 is 1.26 bits per heavy atom. The van der Waals surface area contributed by atoms with E-state index in [1.54, 1.807) is 29.2 Å².